The summed E-state index contributed by atoms with van der Waals surface area (Å²) in [5, 5.41) is 12.8. The summed E-state index contributed by atoms with van der Waals surface area (Å²) < 4.78 is 0. The van der Waals surface area contributed by atoms with Crippen molar-refractivity contribution in [3.8, 4) is 0 Å². The standard InChI is InChI=1S/C20H26N2O2/c1-14-7-6-12-21-18(14)15(2)22-19(23)17-9-5-8-16(13-17)10-11-20(3,4)24/h5-9,12-13,15,24H,10-11H2,1-4H3,(H,22,23)/t15-/m0/s1. The van der Waals surface area contributed by atoms with Crippen LogP contribution >= 0.6 is 0 Å². The van der Waals surface area contributed by atoms with Crippen molar-refractivity contribution in [1.29, 1.82) is 0 Å². The third-order valence-corrected chi connectivity index (χ3v) is 4.02. The van der Waals surface area contributed by atoms with Crippen LogP contribution in [0.4, 0.5) is 0 Å². The molecule has 0 aliphatic carbocycles. The molecular weight excluding hydrogens is 300 g/mol. The largest absolute Gasteiger partial charge is 0.390 e. The van der Waals surface area contributed by atoms with Crippen LogP contribution in [0.5, 0.6) is 0 Å². The van der Waals surface area contributed by atoms with E-state index in [1.807, 2.05) is 44.2 Å². The number of pyridine rings is 1. The summed E-state index contributed by atoms with van der Waals surface area (Å²) in [7, 11) is 0. The SMILES string of the molecule is Cc1cccnc1[C@H](C)NC(=O)c1cccc(CCC(C)(C)O)c1. The minimum Gasteiger partial charge on any atom is -0.390 e. The van der Waals surface area contributed by atoms with Gasteiger partial charge in [0.15, 0.2) is 0 Å². The highest BCUT2D eigenvalue weighted by molar-refractivity contribution is 5.94. The summed E-state index contributed by atoms with van der Waals surface area (Å²) in [6.45, 7) is 7.51. The Morgan fingerprint density at radius 3 is 2.71 bits per heavy atom. The van der Waals surface area contributed by atoms with Gasteiger partial charge in [0.2, 0.25) is 0 Å². The van der Waals surface area contributed by atoms with Crippen LogP contribution in [0.3, 0.4) is 0 Å². The zero-order chi connectivity index (χ0) is 17.7. The number of aromatic nitrogens is 1. The Morgan fingerprint density at radius 2 is 2.04 bits per heavy atom. The number of aryl methyl sites for hydroxylation is 2. The minimum absolute atomic E-state index is 0.113. The molecule has 2 N–H and O–H groups in total. The molecule has 0 aliphatic heterocycles. The first-order valence-corrected chi connectivity index (χ1v) is 8.30. The molecule has 0 saturated carbocycles. The first kappa shape index (κ1) is 18.1. The Morgan fingerprint density at radius 1 is 1.29 bits per heavy atom. The van der Waals surface area contributed by atoms with Crippen LogP contribution in [0.15, 0.2) is 42.6 Å². The van der Waals surface area contributed by atoms with Gasteiger partial charge in [0, 0.05) is 11.8 Å². The van der Waals surface area contributed by atoms with Crippen molar-refractivity contribution in [2.45, 2.75) is 52.2 Å². The van der Waals surface area contributed by atoms with E-state index in [2.05, 4.69) is 10.3 Å². The highest BCUT2D eigenvalue weighted by Gasteiger charge is 2.15. The second-order valence-corrected chi connectivity index (χ2v) is 6.91. The van der Waals surface area contributed by atoms with Crippen LogP contribution in [-0.2, 0) is 6.42 Å². The Hall–Kier alpha value is -2.20. The van der Waals surface area contributed by atoms with Crippen LogP contribution < -0.4 is 5.32 Å². The number of nitrogens with zero attached hydrogens (tertiary/aromatic N) is 1. The fraction of sp³-hybridized carbons (Fsp3) is 0.400. The van der Waals surface area contributed by atoms with E-state index in [0.717, 1.165) is 23.2 Å². The zero-order valence-corrected chi connectivity index (χ0v) is 14.8. The lowest BCUT2D eigenvalue weighted by Gasteiger charge is -2.17. The molecule has 128 valence electrons. The molecule has 0 bridgehead atoms. The normalized spacial score (nSPS) is 12.7. The molecule has 1 amide bonds. The summed E-state index contributed by atoms with van der Waals surface area (Å²) in [4.78, 5) is 16.9. The quantitative estimate of drug-likeness (QED) is 0.853. The van der Waals surface area contributed by atoms with Crippen LogP contribution in [0.25, 0.3) is 0 Å². The van der Waals surface area contributed by atoms with Crippen LogP contribution in [-0.4, -0.2) is 21.6 Å². The number of amides is 1. The predicted molar refractivity (Wildman–Crippen MR) is 95.9 cm³/mol. The van der Waals surface area contributed by atoms with E-state index in [0.29, 0.717) is 12.0 Å². The Balaban J connectivity index is 2.06. The van der Waals surface area contributed by atoms with Gasteiger partial charge < -0.3 is 10.4 Å². The van der Waals surface area contributed by atoms with Gasteiger partial charge in [-0.3, -0.25) is 9.78 Å². The number of nitrogens with one attached hydrogen (secondary N) is 1. The third-order valence-electron chi connectivity index (χ3n) is 4.02. The molecule has 4 nitrogen and oxygen atoms in total. The number of aliphatic hydroxyl groups is 1. The maximum Gasteiger partial charge on any atom is 0.251 e. The Bertz CT molecular complexity index is 705. The highest BCUT2D eigenvalue weighted by atomic mass is 16.3. The fourth-order valence-corrected chi connectivity index (χ4v) is 2.62. The van der Waals surface area contributed by atoms with Crippen LogP contribution in [0, 0.1) is 6.92 Å². The van der Waals surface area contributed by atoms with Gasteiger partial charge in [-0.15, -0.1) is 0 Å². The molecule has 1 heterocycles. The summed E-state index contributed by atoms with van der Waals surface area (Å²) in [5.41, 5.74) is 2.91. The third kappa shape index (κ3) is 5.17. The van der Waals surface area contributed by atoms with Gasteiger partial charge in [-0.05, 0) is 69.9 Å². The number of carbonyl (C=O) groups is 1. The monoisotopic (exact) mass is 326 g/mol. The second-order valence-electron chi connectivity index (χ2n) is 6.91. The van der Waals surface area contributed by atoms with Crippen molar-refractivity contribution in [1.82, 2.24) is 10.3 Å². The molecule has 0 radical (unpaired) electrons. The Kier molecular flexibility index (Phi) is 5.73. The van der Waals surface area contributed by atoms with E-state index in [1.54, 1.807) is 26.1 Å². The van der Waals surface area contributed by atoms with E-state index in [4.69, 9.17) is 0 Å². The number of hydrogen-bond acceptors (Lipinski definition) is 3. The topological polar surface area (TPSA) is 62.2 Å². The molecule has 0 spiro atoms. The molecule has 2 rings (SSSR count). The summed E-state index contributed by atoms with van der Waals surface area (Å²) >= 11 is 0. The lowest BCUT2D eigenvalue weighted by molar-refractivity contribution is 0.0714. The summed E-state index contributed by atoms with van der Waals surface area (Å²) in [6.07, 6.45) is 3.13. The first-order chi connectivity index (χ1) is 11.3. The number of carbonyl (C=O) groups excluding carboxylic acids is 1. The van der Waals surface area contributed by atoms with E-state index in [1.165, 1.54) is 0 Å². The summed E-state index contributed by atoms with van der Waals surface area (Å²) in [6, 6.07) is 11.3. The maximum absolute atomic E-state index is 12.5. The highest BCUT2D eigenvalue weighted by Crippen LogP contribution is 2.17. The van der Waals surface area contributed by atoms with E-state index >= 15 is 0 Å². The lowest BCUT2D eigenvalue weighted by Crippen LogP contribution is -2.27. The molecule has 0 unspecified atom stereocenters. The van der Waals surface area contributed by atoms with Crippen molar-refractivity contribution >= 4 is 5.91 Å². The zero-order valence-electron chi connectivity index (χ0n) is 14.8. The van der Waals surface area contributed by atoms with Crippen molar-refractivity contribution < 1.29 is 9.90 Å². The fourth-order valence-electron chi connectivity index (χ4n) is 2.62. The number of hydrogen-bond donors (Lipinski definition) is 2. The van der Waals surface area contributed by atoms with E-state index in [9.17, 15) is 9.90 Å². The van der Waals surface area contributed by atoms with Crippen molar-refractivity contribution in [3.63, 3.8) is 0 Å². The van der Waals surface area contributed by atoms with Gasteiger partial charge in [0.25, 0.3) is 5.91 Å². The van der Waals surface area contributed by atoms with Gasteiger partial charge in [-0.1, -0.05) is 18.2 Å². The molecule has 1 atom stereocenters. The molecule has 2 aromatic rings. The molecular formula is C20H26N2O2. The average Bonchev–Trinajstić information content (AvgIpc) is 2.53. The van der Waals surface area contributed by atoms with Gasteiger partial charge in [-0.2, -0.15) is 0 Å². The molecule has 0 saturated heterocycles. The summed E-state index contributed by atoms with van der Waals surface area (Å²) in [5.74, 6) is -0.113. The van der Waals surface area contributed by atoms with Crippen molar-refractivity contribution in [3.05, 3.63) is 65.0 Å². The molecule has 4 heteroatoms. The van der Waals surface area contributed by atoms with Gasteiger partial charge in [0.05, 0.1) is 17.3 Å². The average molecular weight is 326 g/mol. The van der Waals surface area contributed by atoms with Gasteiger partial charge >= 0.3 is 0 Å². The number of rotatable bonds is 6. The molecule has 24 heavy (non-hydrogen) atoms. The maximum atomic E-state index is 12.5. The molecule has 0 aliphatic rings. The van der Waals surface area contributed by atoms with Gasteiger partial charge in [-0.25, -0.2) is 0 Å². The molecule has 1 aromatic carbocycles. The lowest BCUT2D eigenvalue weighted by atomic mass is 9.98. The van der Waals surface area contributed by atoms with E-state index in [-0.39, 0.29) is 11.9 Å². The minimum atomic E-state index is -0.705. The first-order valence-electron chi connectivity index (χ1n) is 8.30. The van der Waals surface area contributed by atoms with Crippen molar-refractivity contribution in [2.24, 2.45) is 0 Å². The predicted octanol–water partition coefficient (Wildman–Crippen LogP) is 3.58. The van der Waals surface area contributed by atoms with Gasteiger partial charge in [0.1, 0.15) is 0 Å². The van der Waals surface area contributed by atoms with Crippen LogP contribution in [0.2, 0.25) is 0 Å². The molecule has 1 aromatic heterocycles. The smallest absolute Gasteiger partial charge is 0.251 e. The van der Waals surface area contributed by atoms with Crippen molar-refractivity contribution in [2.75, 3.05) is 0 Å². The second kappa shape index (κ2) is 7.58. The van der Waals surface area contributed by atoms with Crippen LogP contribution in [0.1, 0.15) is 60.4 Å². The van der Waals surface area contributed by atoms with E-state index < -0.39 is 5.60 Å². The Labute approximate surface area is 143 Å². The number of benzene rings is 1. The molecule has 0 fully saturated rings.